The second-order valence-electron chi connectivity index (χ2n) is 5.25. The highest BCUT2D eigenvalue weighted by Gasteiger charge is 2.34. The topological polar surface area (TPSA) is 87.8 Å². The number of thiophene rings is 1. The molecule has 124 valence electrons. The van der Waals surface area contributed by atoms with Gasteiger partial charge in [-0.3, -0.25) is 14.6 Å². The van der Waals surface area contributed by atoms with E-state index in [0.29, 0.717) is 12.2 Å². The summed E-state index contributed by atoms with van der Waals surface area (Å²) in [4.78, 5) is 24.9. The Hall–Kier alpha value is -2.74. The van der Waals surface area contributed by atoms with Crippen LogP contribution in [0.5, 0.6) is 0 Å². The molecule has 2 heterocycles. The number of nitrogens with one attached hydrogen (secondary N) is 1. The zero-order chi connectivity index (χ0) is 17.1. The standard InChI is InChI=1S/C16H15FN4O2S/c17-10-3-5-11(6-4-10)21-14(15(18)22)8-13(20-21)16(23)19-9-12-2-1-7-24-12/h1-7,14H,8-9H2,(H2,18,22)(H,19,23). The fraction of sp³-hybridized carbons (Fsp3) is 0.188. The summed E-state index contributed by atoms with van der Waals surface area (Å²) in [5.74, 6) is -1.34. The molecule has 8 heteroatoms. The van der Waals surface area contributed by atoms with Crippen LogP contribution in [-0.2, 0) is 16.1 Å². The van der Waals surface area contributed by atoms with E-state index >= 15 is 0 Å². The van der Waals surface area contributed by atoms with Crippen molar-refractivity contribution in [3.63, 3.8) is 0 Å². The Morgan fingerprint density at radius 2 is 2.08 bits per heavy atom. The average molecular weight is 346 g/mol. The molecule has 0 aliphatic carbocycles. The number of anilines is 1. The van der Waals surface area contributed by atoms with Crippen molar-refractivity contribution < 1.29 is 14.0 Å². The average Bonchev–Trinajstić information content (AvgIpc) is 3.23. The summed E-state index contributed by atoms with van der Waals surface area (Å²) in [6.07, 6.45) is 0.114. The normalized spacial score (nSPS) is 16.8. The third-order valence-electron chi connectivity index (χ3n) is 3.60. The fourth-order valence-electron chi connectivity index (χ4n) is 2.38. The van der Waals surface area contributed by atoms with Crippen molar-refractivity contribution in [2.45, 2.75) is 19.0 Å². The van der Waals surface area contributed by atoms with Crippen LogP contribution in [0.1, 0.15) is 11.3 Å². The van der Waals surface area contributed by atoms with Gasteiger partial charge in [-0.2, -0.15) is 5.10 Å². The minimum Gasteiger partial charge on any atom is -0.368 e. The van der Waals surface area contributed by atoms with E-state index in [4.69, 9.17) is 5.73 Å². The number of primary amides is 1. The van der Waals surface area contributed by atoms with E-state index in [9.17, 15) is 14.0 Å². The van der Waals surface area contributed by atoms with E-state index in [1.165, 1.54) is 40.6 Å². The van der Waals surface area contributed by atoms with E-state index in [1.54, 1.807) is 0 Å². The van der Waals surface area contributed by atoms with Gasteiger partial charge >= 0.3 is 0 Å². The van der Waals surface area contributed by atoms with Gasteiger partial charge in [-0.05, 0) is 35.7 Å². The van der Waals surface area contributed by atoms with Crippen LogP contribution in [0.15, 0.2) is 46.9 Å². The van der Waals surface area contributed by atoms with Crippen molar-refractivity contribution >= 4 is 34.6 Å². The number of rotatable bonds is 5. The van der Waals surface area contributed by atoms with Gasteiger partial charge in [0.05, 0.1) is 12.2 Å². The smallest absolute Gasteiger partial charge is 0.267 e. The van der Waals surface area contributed by atoms with Gasteiger partial charge in [-0.15, -0.1) is 11.3 Å². The van der Waals surface area contributed by atoms with Gasteiger partial charge in [0, 0.05) is 11.3 Å². The molecule has 1 aliphatic rings. The number of nitrogens with two attached hydrogens (primary N) is 1. The second-order valence-corrected chi connectivity index (χ2v) is 6.28. The van der Waals surface area contributed by atoms with Gasteiger partial charge in [-0.1, -0.05) is 6.07 Å². The van der Waals surface area contributed by atoms with Gasteiger partial charge in [0.2, 0.25) is 5.91 Å². The molecule has 1 aromatic carbocycles. The van der Waals surface area contributed by atoms with Crippen molar-refractivity contribution in [2.75, 3.05) is 5.01 Å². The molecule has 3 rings (SSSR count). The first-order chi connectivity index (χ1) is 11.5. The summed E-state index contributed by atoms with van der Waals surface area (Å²) < 4.78 is 13.1. The highest BCUT2D eigenvalue weighted by Crippen LogP contribution is 2.25. The van der Waals surface area contributed by atoms with Gasteiger partial charge in [-0.25, -0.2) is 4.39 Å². The van der Waals surface area contributed by atoms with Crippen molar-refractivity contribution in [3.05, 3.63) is 52.5 Å². The lowest BCUT2D eigenvalue weighted by molar-refractivity contribution is -0.119. The van der Waals surface area contributed by atoms with E-state index < -0.39 is 17.8 Å². The maximum atomic E-state index is 13.1. The van der Waals surface area contributed by atoms with Crippen LogP contribution in [0, 0.1) is 5.82 Å². The third kappa shape index (κ3) is 3.43. The minimum atomic E-state index is -0.766. The Balaban J connectivity index is 1.75. The van der Waals surface area contributed by atoms with Gasteiger partial charge in [0.25, 0.3) is 5.91 Å². The van der Waals surface area contributed by atoms with Crippen LogP contribution in [0.3, 0.4) is 0 Å². The van der Waals surface area contributed by atoms with Crippen LogP contribution in [0.2, 0.25) is 0 Å². The molecule has 6 nitrogen and oxygen atoms in total. The Morgan fingerprint density at radius 3 is 2.71 bits per heavy atom. The van der Waals surface area contributed by atoms with Crippen LogP contribution >= 0.6 is 11.3 Å². The molecule has 0 radical (unpaired) electrons. The third-order valence-corrected chi connectivity index (χ3v) is 4.47. The van der Waals surface area contributed by atoms with E-state index in [0.717, 1.165) is 4.88 Å². The maximum Gasteiger partial charge on any atom is 0.267 e. The summed E-state index contributed by atoms with van der Waals surface area (Å²) in [6, 6.07) is 8.55. The molecule has 0 saturated carbocycles. The first-order valence-electron chi connectivity index (χ1n) is 7.27. The zero-order valence-electron chi connectivity index (χ0n) is 12.6. The molecule has 2 aromatic rings. The summed E-state index contributed by atoms with van der Waals surface area (Å²) in [6.45, 7) is 0.396. The van der Waals surface area contributed by atoms with Crippen molar-refractivity contribution in [2.24, 2.45) is 10.8 Å². The quantitative estimate of drug-likeness (QED) is 0.862. The molecular formula is C16H15FN4O2S. The number of carbonyl (C=O) groups is 2. The lowest BCUT2D eigenvalue weighted by atomic mass is 10.1. The minimum absolute atomic E-state index is 0.114. The molecule has 24 heavy (non-hydrogen) atoms. The highest BCUT2D eigenvalue weighted by molar-refractivity contribution is 7.09. The summed E-state index contributed by atoms with van der Waals surface area (Å²) in [7, 11) is 0. The van der Waals surface area contributed by atoms with E-state index in [2.05, 4.69) is 10.4 Å². The lowest BCUT2D eigenvalue weighted by Gasteiger charge is -2.20. The molecule has 0 bridgehead atoms. The number of benzene rings is 1. The lowest BCUT2D eigenvalue weighted by Crippen LogP contribution is -2.39. The van der Waals surface area contributed by atoms with Crippen LogP contribution in [0.4, 0.5) is 10.1 Å². The largest absolute Gasteiger partial charge is 0.368 e. The molecule has 1 atom stereocenters. The maximum absolute atomic E-state index is 13.1. The highest BCUT2D eigenvalue weighted by atomic mass is 32.1. The summed E-state index contributed by atoms with van der Waals surface area (Å²) in [5, 5.41) is 10.3. The van der Waals surface area contributed by atoms with Crippen LogP contribution in [-0.4, -0.2) is 23.6 Å². The SMILES string of the molecule is NC(=O)C1CC(C(=O)NCc2cccs2)=NN1c1ccc(F)cc1. The zero-order valence-corrected chi connectivity index (χ0v) is 13.4. The van der Waals surface area contributed by atoms with E-state index in [-0.39, 0.29) is 18.0 Å². The van der Waals surface area contributed by atoms with Gasteiger partial charge in [0.15, 0.2) is 0 Å². The molecule has 1 aliphatic heterocycles. The number of hydrogen-bond donors (Lipinski definition) is 2. The Kier molecular flexibility index (Phi) is 4.57. The van der Waals surface area contributed by atoms with Crippen molar-refractivity contribution in [3.8, 4) is 0 Å². The Bertz CT molecular complexity index is 774. The second kappa shape index (κ2) is 6.79. The number of hydrazone groups is 1. The monoisotopic (exact) mass is 346 g/mol. The van der Waals surface area contributed by atoms with Gasteiger partial charge < -0.3 is 11.1 Å². The Morgan fingerprint density at radius 1 is 1.33 bits per heavy atom. The molecule has 2 amide bonds. The Labute approximate surface area is 141 Å². The molecular weight excluding hydrogens is 331 g/mol. The van der Waals surface area contributed by atoms with Crippen LogP contribution in [0.25, 0.3) is 0 Å². The molecule has 1 aromatic heterocycles. The van der Waals surface area contributed by atoms with Crippen molar-refractivity contribution in [1.29, 1.82) is 0 Å². The molecule has 0 saturated heterocycles. The predicted octanol–water partition coefficient (Wildman–Crippen LogP) is 1.62. The molecule has 3 N–H and O–H groups in total. The van der Waals surface area contributed by atoms with Crippen LogP contribution < -0.4 is 16.1 Å². The van der Waals surface area contributed by atoms with Gasteiger partial charge in [0.1, 0.15) is 17.6 Å². The van der Waals surface area contributed by atoms with E-state index in [1.807, 2.05) is 17.5 Å². The number of carbonyl (C=O) groups excluding carboxylic acids is 2. The summed E-state index contributed by atoms with van der Waals surface area (Å²) >= 11 is 1.54. The molecule has 0 fully saturated rings. The fourth-order valence-corrected chi connectivity index (χ4v) is 3.03. The number of amides is 2. The summed E-state index contributed by atoms with van der Waals surface area (Å²) in [5.41, 5.74) is 6.13. The predicted molar refractivity (Wildman–Crippen MR) is 90.1 cm³/mol. The first-order valence-corrected chi connectivity index (χ1v) is 8.15. The number of hydrogen-bond acceptors (Lipinski definition) is 5. The number of nitrogens with zero attached hydrogens (tertiary/aromatic N) is 2. The molecule has 1 unspecified atom stereocenters. The number of halogens is 1. The first kappa shape index (κ1) is 16.1. The molecule has 0 spiro atoms. The van der Waals surface area contributed by atoms with Crippen molar-refractivity contribution in [1.82, 2.24) is 5.32 Å².